The number of nitrogens with one attached hydrogen (secondary N) is 2. The number of halogens is 2. The smallest absolute Gasteiger partial charge is 0.326 e. The lowest BCUT2D eigenvalue weighted by molar-refractivity contribution is -0.147. The Morgan fingerprint density at radius 2 is 2.00 bits per heavy atom. The largest absolute Gasteiger partial charge is 0.480 e. The molecular formula is C12H12Br2N2O5. The number of anilines is 1. The summed E-state index contributed by atoms with van der Waals surface area (Å²) in [5.74, 6) is -2.06. The molecule has 0 spiro atoms. The Morgan fingerprint density at radius 1 is 1.33 bits per heavy atom. The molecule has 3 N–H and O–H groups in total. The number of benzene rings is 1. The predicted molar refractivity (Wildman–Crippen MR) is 82.1 cm³/mol. The third-order valence-electron chi connectivity index (χ3n) is 2.38. The molecule has 1 aromatic rings. The predicted octanol–water partition coefficient (Wildman–Crippen LogP) is 2.35. The SMILES string of the molecule is COC(=O)C[C@H](NC(=O)Nc1ccc(Br)cc1Br)C(=O)O. The Morgan fingerprint density at radius 3 is 2.52 bits per heavy atom. The van der Waals surface area contributed by atoms with Crippen LogP contribution in [0.25, 0.3) is 0 Å². The van der Waals surface area contributed by atoms with Crippen molar-refractivity contribution in [1.29, 1.82) is 0 Å². The van der Waals surface area contributed by atoms with E-state index in [0.29, 0.717) is 10.2 Å². The number of methoxy groups -OCH3 is 1. The fraction of sp³-hybridized carbons (Fsp3) is 0.250. The highest BCUT2D eigenvalue weighted by molar-refractivity contribution is 9.11. The molecule has 7 nitrogen and oxygen atoms in total. The summed E-state index contributed by atoms with van der Waals surface area (Å²) in [5.41, 5.74) is 0.456. The van der Waals surface area contributed by atoms with Gasteiger partial charge in [-0.15, -0.1) is 0 Å². The lowest BCUT2D eigenvalue weighted by atomic mass is 10.2. The Bertz CT molecular complexity index is 565. The van der Waals surface area contributed by atoms with Gasteiger partial charge in [-0.1, -0.05) is 15.9 Å². The van der Waals surface area contributed by atoms with Crippen LogP contribution in [0.3, 0.4) is 0 Å². The highest BCUT2D eigenvalue weighted by Gasteiger charge is 2.23. The van der Waals surface area contributed by atoms with Crippen molar-refractivity contribution in [3.8, 4) is 0 Å². The standard InChI is InChI=1S/C12H12Br2N2O5/c1-21-10(17)5-9(11(18)19)16-12(20)15-8-3-2-6(13)4-7(8)14/h2-4,9H,5H2,1H3,(H,18,19)(H2,15,16,20)/t9-/m0/s1. The average molecular weight is 424 g/mol. The number of hydrogen-bond acceptors (Lipinski definition) is 4. The van der Waals surface area contributed by atoms with Gasteiger partial charge in [-0.3, -0.25) is 4.79 Å². The van der Waals surface area contributed by atoms with Gasteiger partial charge in [0.15, 0.2) is 0 Å². The van der Waals surface area contributed by atoms with Crippen LogP contribution >= 0.6 is 31.9 Å². The summed E-state index contributed by atoms with van der Waals surface area (Å²) in [7, 11) is 1.14. The second-order valence-corrected chi connectivity index (χ2v) is 5.66. The summed E-state index contributed by atoms with van der Waals surface area (Å²) in [6.07, 6.45) is -0.458. The quantitative estimate of drug-likeness (QED) is 0.630. The van der Waals surface area contributed by atoms with Gasteiger partial charge < -0.3 is 20.5 Å². The molecule has 2 amide bonds. The summed E-state index contributed by atoms with van der Waals surface area (Å²) >= 11 is 6.53. The lowest BCUT2D eigenvalue weighted by Gasteiger charge is -2.14. The maximum Gasteiger partial charge on any atom is 0.326 e. The Labute approximate surface area is 137 Å². The van der Waals surface area contributed by atoms with Gasteiger partial charge in [0, 0.05) is 8.95 Å². The highest BCUT2D eigenvalue weighted by Crippen LogP contribution is 2.26. The van der Waals surface area contributed by atoms with Crippen molar-refractivity contribution < 1.29 is 24.2 Å². The molecule has 1 atom stereocenters. The molecule has 1 aromatic carbocycles. The van der Waals surface area contributed by atoms with Crippen molar-refractivity contribution >= 4 is 55.5 Å². The molecule has 0 heterocycles. The zero-order valence-corrected chi connectivity index (χ0v) is 14.0. The zero-order valence-electron chi connectivity index (χ0n) is 10.9. The molecule has 114 valence electrons. The first-order valence-corrected chi connectivity index (χ1v) is 7.24. The summed E-state index contributed by atoms with van der Waals surface area (Å²) in [5, 5.41) is 13.6. The van der Waals surface area contributed by atoms with Crippen LogP contribution in [0.2, 0.25) is 0 Å². The minimum Gasteiger partial charge on any atom is -0.480 e. The molecule has 0 saturated carbocycles. The van der Waals surface area contributed by atoms with Gasteiger partial charge in [0.05, 0.1) is 19.2 Å². The number of urea groups is 1. The topological polar surface area (TPSA) is 105 Å². The van der Waals surface area contributed by atoms with Crippen molar-refractivity contribution in [2.45, 2.75) is 12.5 Å². The molecule has 0 radical (unpaired) electrons. The fourth-order valence-corrected chi connectivity index (χ4v) is 2.50. The third kappa shape index (κ3) is 5.72. The Balaban J connectivity index is 2.69. The van der Waals surface area contributed by atoms with Gasteiger partial charge in [-0.05, 0) is 34.1 Å². The van der Waals surface area contributed by atoms with Crippen LogP contribution in [0.1, 0.15) is 6.42 Å². The number of carbonyl (C=O) groups excluding carboxylic acids is 2. The third-order valence-corrected chi connectivity index (χ3v) is 3.53. The van der Waals surface area contributed by atoms with Gasteiger partial charge >= 0.3 is 18.0 Å². The van der Waals surface area contributed by atoms with Crippen molar-refractivity contribution in [2.24, 2.45) is 0 Å². The number of esters is 1. The van der Waals surface area contributed by atoms with Crippen LogP contribution in [0, 0.1) is 0 Å². The van der Waals surface area contributed by atoms with Crippen LogP contribution in [0.4, 0.5) is 10.5 Å². The van der Waals surface area contributed by atoms with Gasteiger partial charge in [-0.25, -0.2) is 9.59 Å². The van der Waals surface area contributed by atoms with E-state index in [0.717, 1.165) is 11.6 Å². The highest BCUT2D eigenvalue weighted by atomic mass is 79.9. The molecular weight excluding hydrogens is 412 g/mol. The van der Waals surface area contributed by atoms with Gasteiger partial charge in [0.25, 0.3) is 0 Å². The molecule has 0 aliphatic carbocycles. The molecule has 0 aliphatic heterocycles. The van der Waals surface area contributed by atoms with E-state index in [2.05, 4.69) is 47.2 Å². The first-order valence-electron chi connectivity index (χ1n) is 5.65. The monoisotopic (exact) mass is 422 g/mol. The second-order valence-electron chi connectivity index (χ2n) is 3.89. The van der Waals surface area contributed by atoms with Crippen molar-refractivity contribution in [3.63, 3.8) is 0 Å². The number of hydrogen-bond donors (Lipinski definition) is 3. The first-order chi connectivity index (χ1) is 9.83. The van der Waals surface area contributed by atoms with Gasteiger partial charge in [0.1, 0.15) is 6.04 Å². The van der Waals surface area contributed by atoms with Crippen LogP contribution in [-0.2, 0) is 14.3 Å². The maximum absolute atomic E-state index is 11.8. The van der Waals surface area contributed by atoms with E-state index in [-0.39, 0.29) is 0 Å². The molecule has 0 bridgehead atoms. The van der Waals surface area contributed by atoms with Crippen LogP contribution in [-0.4, -0.2) is 36.2 Å². The van der Waals surface area contributed by atoms with Crippen LogP contribution in [0.5, 0.6) is 0 Å². The van der Waals surface area contributed by atoms with E-state index in [4.69, 9.17) is 5.11 Å². The van der Waals surface area contributed by atoms with E-state index in [1.54, 1.807) is 18.2 Å². The number of amides is 2. The molecule has 0 aromatic heterocycles. The number of carbonyl (C=O) groups is 3. The minimum absolute atomic E-state index is 0.456. The number of carboxylic acids is 1. The average Bonchev–Trinajstić information content (AvgIpc) is 2.40. The van der Waals surface area contributed by atoms with E-state index < -0.39 is 30.4 Å². The van der Waals surface area contributed by atoms with Crippen LogP contribution < -0.4 is 10.6 Å². The fourth-order valence-electron chi connectivity index (χ4n) is 1.36. The summed E-state index contributed by atoms with van der Waals surface area (Å²) in [6.45, 7) is 0. The van der Waals surface area contributed by atoms with Gasteiger partial charge in [0.2, 0.25) is 0 Å². The van der Waals surface area contributed by atoms with Gasteiger partial charge in [-0.2, -0.15) is 0 Å². The molecule has 0 saturated heterocycles. The molecule has 1 rings (SSSR count). The second kappa shape index (κ2) is 7.99. The van der Waals surface area contributed by atoms with Crippen molar-refractivity contribution in [3.05, 3.63) is 27.1 Å². The van der Waals surface area contributed by atoms with Crippen molar-refractivity contribution in [2.75, 3.05) is 12.4 Å². The molecule has 0 unspecified atom stereocenters. The van der Waals surface area contributed by atoms with E-state index in [1.165, 1.54) is 0 Å². The zero-order chi connectivity index (χ0) is 16.0. The number of rotatable bonds is 5. The molecule has 9 heteroatoms. The van der Waals surface area contributed by atoms with E-state index in [1.807, 2.05) is 0 Å². The summed E-state index contributed by atoms with van der Waals surface area (Å²) in [4.78, 5) is 33.8. The van der Waals surface area contributed by atoms with Crippen LogP contribution in [0.15, 0.2) is 27.1 Å². The minimum atomic E-state index is -1.37. The van der Waals surface area contributed by atoms with Crippen molar-refractivity contribution in [1.82, 2.24) is 5.32 Å². The Hall–Kier alpha value is -1.61. The van der Waals surface area contributed by atoms with E-state index >= 15 is 0 Å². The van der Waals surface area contributed by atoms with E-state index in [9.17, 15) is 14.4 Å². The number of aliphatic carboxylic acids is 1. The summed E-state index contributed by atoms with van der Waals surface area (Å²) in [6, 6.07) is 2.95. The molecule has 0 fully saturated rings. The summed E-state index contributed by atoms with van der Waals surface area (Å²) < 4.78 is 5.81. The number of ether oxygens (including phenoxy) is 1. The normalized spacial score (nSPS) is 11.4. The Kier molecular flexibility index (Phi) is 6.63. The lowest BCUT2D eigenvalue weighted by Crippen LogP contribution is -2.44. The number of carboxylic acid groups (broad SMARTS) is 1. The molecule has 21 heavy (non-hydrogen) atoms. The first kappa shape index (κ1) is 17.4. The molecule has 0 aliphatic rings. The maximum atomic E-state index is 11.8.